The Labute approximate surface area is 147 Å². The lowest BCUT2D eigenvalue weighted by molar-refractivity contribution is -0.160. The minimum absolute atomic E-state index is 0.0687. The zero-order valence-electron chi connectivity index (χ0n) is 15.1. The Morgan fingerprint density at radius 1 is 1.44 bits per heavy atom. The van der Waals surface area contributed by atoms with Crippen molar-refractivity contribution in [3.8, 4) is 0 Å². The summed E-state index contributed by atoms with van der Waals surface area (Å²) < 4.78 is 11.3. The molecule has 0 aromatic carbocycles. The van der Waals surface area contributed by atoms with Crippen LogP contribution < -0.4 is 0 Å². The van der Waals surface area contributed by atoms with Crippen molar-refractivity contribution < 1.29 is 23.9 Å². The van der Waals surface area contributed by atoms with E-state index in [4.69, 9.17) is 9.47 Å². The van der Waals surface area contributed by atoms with Crippen molar-refractivity contribution in [3.63, 3.8) is 0 Å². The predicted octanol–water partition coefficient (Wildman–Crippen LogP) is 2.76. The number of rotatable bonds is 2. The van der Waals surface area contributed by atoms with Gasteiger partial charge in [-0.15, -0.1) is 0 Å². The second-order valence-electron chi connectivity index (χ2n) is 7.54. The highest BCUT2D eigenvalue weighted by Crippen LogP contribution is 2.54. The first-order valence-corrected chi connectivity index (χ1v) is 8.68. The van der Waals surface area contributed by atoms with Gasteiger partial charge in [0.05, 0.1) is 11.3 Å². The van der Waals surface area contributed by atoms with Crippen molar-refractivity contribution in [1.29, 1.82) is 0 Å². The lowest BCUT2D eigenvalue weighted by atomic mass is 9.67. The van der Waals surface area contributed by atoms with E-state index in [9.17, 15) is 14.4 Å². The zero-order valence-corrected chi connectivity index (χ0v) is 15.1. The molecule has 0 aromatic rings. The molecule has 0 aromatic heterocycles. The second-order valence-corrected chi connectivity index (χ2v) is 7.54. The summed E-state index contributed by atoms with van der Waals surface area (Å²) in [5.74, 6) is -1.47. The molecule has 0 radical (unpaired) electrons. The molecular formula is C20H24O5. The summed E-state index contributed by atoms with van der Waals surface area (Å²) in [6.07, 6.45) is 4.56. The van der Waals surface area contributed by atoms with E-state index in [1.54, 1.807) is 26.0 Å². The number of esters is 2. The first-order valence-electron chi connectivity index (χ1n) is 8.68. The summed E-state index contributed by atoms with van der Waals surface area (Å²) >= 11 is 0. The van der Waals surface area contributed by atoms with Gasteiger partial charge in [0.25, 0.3) is 0 Å². The van der Waals surface area contributed by atoms with E-state index < -0.39 is 35.5 Å². The van der Waals surface area contributed by atoms with Crippen LogP contribution in [-0.2, 0) is 23.9 Å². The van der Waals surface area contributed by atoms with Crippen molar-refractivity contribution >= 4 is 17.7 Å². The van der Waals surface area contributed by atoms with Gasteiger partial charge in [0, 0.05) is 11.1 Å². The average molecular weight is 344 g/mol. The van der Waals surface area contributed by atoms with Gasteiger partial charge in [-0.2, -0.15) is 0 Å². The van der Waals surface area contributed by atoms with Crippen LogP contribution in [0, 0.1) is 23.2 Å². The van der Waals surface area contributed by atoms with Crippen LogP contribution in [0.4, 0.5) is 0 Å². The van der Waals surface area contributed by atoms with Gasteiger partial charge in [0.1, 0.15) is 12.2 Å². The lowest BCUT2D eigenvalue weighted by Gasteiger charge is -2.39. The van der Waals surface area contributed by atoms with Crippen LogP contribution in [0.25, 0.3) is 0 Å². The number of carbonyl (C=O) groups is 3. The molecule has 6 atom stereocenters. The van der Waals surface area contributed by atoms with Crippen LogP contribution in [-0.4, -0.2) is 29.9 Å². The first-order chi connectivity index (χ1) is 11.7. The molecule has 0 unspecified atom stereocenters. The van der Waals surface area contributed by atoms with Crippen LogP contribution >= 0.6 is 0 Å². The molecule has 5 heteroatoms. The van der Waals surface area contributed by atoms with Crippen molar-refractivity contribution in [3.05, 3.63) is 36.0 Å². The minimum atomic E-state index is -0.917. The number of ether oxygens (including phenoxy) is 2. The van der Waals surface area contributed by atoms with E-state index in [1.807, 2.05) is 19.9 Å². The highest BCUT2D eigenvalue weighted by Gasteiger charge is 2.62. The topological polar surface area (TPSA) is 69.7 Å². The quantitative estimate of drug-likeness (QED) is 0.569. The van der Waals surface area contributed by atoms with Crippen molar-refractivity contribution in [2.75, 3.05) is 0 Å². The van der Waals surface area contributed by atoms with Crippen LogP contribution in [0.1, 0.15) is 34.1 Å². The molecular weight excluding hydrogens is 320 g/mol. The fourth-order valence-electron chi connectivity index (χ4n) is 4.47. The molecule has 0 bridgehead atoms. The molecule has 1 aliphatic heterocycles. The highest BCUT2D eigenvalue weighted by atomic mass is 16.6. The Balaban J connectivity index is 2.09. The van der Waals surface area contributed by atoms with Crippen LogP contribution in [0.5, 0.6) is 0 Å². The SMILES string of the molecule is C=C1C(=O)O[C@H]2C[C@@H](C)[C@@H]3C=CC(=O)[C@@]3(C)[C@@H](OC(=O)/C(C)=C\C)[C@H]12. The average Bonchev–Trinajstić information content (AvgIpc) is 2.99. The second kappa shape index (κ2) is 5.97. The number of allylic oxidation sites excluding steroid dienone is 3. The van der Waals surface area contributed by atoms with E-state index in [0.29, 0.717) is 12.0 Å². The van der Waals surface area contributed by atoms with E-state index in [0.717, 1.165) is 0 Å². The fraction of sp³-hybridized carbons (Fsp3) is 0.550. The molecule has 0 N–H and O–H groups in total. The van der Waals surface area contributed by atoms with Gasteiger partial charge in [-0.25, -0.2) is 9.59 Å². The molecule has 0 spiro atoms. The first kappa shape index (κ1) is 17.6. The van der Waals surface area contributed by atoms with Crippen molar-refractivity contribution in [2.24, 2.45) is 23.2 Å². The van der Waals surface area contributed by atoms with Gasteiger partial charge in [-0.05, 0) is 45.1 Å². The minimum Gasteiger partial charge on any atom is -0.458 e. The molecule has 5 nitrogen and oxygen atoms in total. The van der Waals surface area contributed by atoms with Crippen LogP contribution in [0.2, 0.25) is 0 Å². The zero-order chi connectivity index (χ0) is 18.5. The molecule has 1 heterocycles. The van der Waals surface area contributed by atoms with Crippen molar-refractivity contribution in [2.45, 2.75) is 46.3 Å². The van der Waals surface area contributed by atoms with Gasteiger partial charge in [0.2, 0.25) is 0 Å². The summed E-state index contributed by atoms with van der Waals surface area (Å²) in [5.41, 5.74) is -0.169. The number of hydrogen-bond acceptors (Lipinski definition) is 5. The predicted molar refractivity (Wildman–Crippen MR) is 91.3 cm³/mol. The van der Waals surface area contributed by atoms with Gasteiger partial charge >= 0.3 is 11.9 Å². The van der Waals surface area contributed by atoms with Gasteiger partial charge in [0.15, 0.2) is 5.78 Å². The molecule has 2 fully saturated rings. The van der Waals surface area contributed by atoms with E-state index in [2.05, 4.69) is 6.58 Å². The number of ketones is 1. The Hall–Kier alpha value is -2.17. The smallest absolute Gasteiger partial charge is 0.334 e. The van der Waals surface area contributed by atoms with Gasteiger partial charge < -0.3 is 9.47 Å². The van der Waals surface area contributed by atoms with E-state index >= 15 is 0 Å². The molecule has 1 saturated heterocycles. The summed E-state index contributed by atoms with van der Waals surface area (Å²) in [6.45, 7) is 11.2. The summed E-state index contributed by atoms with van der Waals surface area (Å²) in [4.78, 5) is 37.3. The molecule has 25 heavy (non-hydrogen) atoms. The maximum Gasteiger partial charge on any atom is 0.334 e. The van der Waals surface area contributed by atoms with Gasteiger partial charge in [-0.1, -0.05) is 25.7 Å². The lowest BCUT2D eigenvalue weighted by Crippen LogP contribution is -2.49. The Morgan fingerprint density at radius 2 is 2.12 bits per heavy atom. The Bertz CT molecular complexity index is 716. The Kier molecular flexibility index (Phi) is 4.21. The maximum absolute atomic E-state index is 12.8. The van der Waals surface area contributed by atoms with E-state index in [-0.39, 0.29) is 23.2 Å². The third-order valence-electron chi connectivity index (χ3n) is 6.13. The third-order valence-corrected chi connectivity index (χ3v) is 6.13. The maximum atomic E-state index is 12.8. The molecule has 134 valence electrons. The van der Waals surface area contributed by atoms with Gasteiger partial charge in [-0.3, -0.25) is 4.79 Å². The molecule has 3 rings (SSSR count). The van der Waals surface area contributed by atoms with E-state index in [1.165, 1.54) is 0 Å². The third kappa shape index (κ3) is 2.48. The molecule has 0 amide bonds. The molecule has 3 aliphatic rings. The number of carbonyl (C=O) groups excluding carboxylic acids is 3. The number of hydrogen-bond donors (Lipinski definition) is 0. The summed E-state index contributed by atoms with van der Waals surface area (Å²) in [7, 11) is 0. The molecule has 2 aliphatic carbocycles. The largest absolute Gasteiger partial charge is 0.458 e. The summed E-state index contributed by atoms with van der Waals surface area (Å²) in [5, 5.41) is 0. The van der Waals surface area contributed by atoms with Crippen LogP contribution in [0.3, 0.4) is 0 Å². The fourth-order valence-corrected chi connectivity index (χ4v) is 4.47. The monoisotopic (exact) mass is 344 g/mol. The standard InChI is InChI=1S/C20H24O5/c1-6-10(2)18(22)25-17-16-12(4)19(23)24-14(16)9-11(3)13-7-8-15(21)20(13,17)5/h6-8,11,13-14,16-17H,4,9H2,1-3,5H3/b10-6-/t11-,13+,14+,16-,17+,20+/m1/s1. The molecule has 1 saturated carbocycles. The van der Waals surface area contributed by atoms with Crippen molar-refractivity contribution in [1.82, 2.24) is 0 Å². The highest BCUT2D eigenvalue weighted by molar-refractivity contribution is 5.99. The Morgan fingerprint density at radius 3 is 2.76 bits per heavy atom. The van der Waals surface area contributed by atoms with Crippen LogP contribution in [0.15, 0.2) is 36.0 Å². The number of fused-ring (bicyclic) bond motifs is 2. The summed E-state index contributed by atoms with van der Waals surface area (Å²) in [6, 6.07) is 0. The normalized spacial score (nSPS) is 40.4.